The molecule has 3 heteroatoms. The van der Waals surface area contributed by atoms with Crippen molar-refractivity contribution in [2.45, 2.75) is 65.2 Å². The molecule has 0 amide bonds. The molecule has 1 atom stereocenters. The van der Waals surface area contributed by atoms with Gasteiger partial charge in [0.2, 0.25) is 0 Å². The maximum absolute atomic E-state index is 12.7. The van der Waals surface area contributed by atoms with Crippen molar-refractivity contribution in [1.29, 1.82) is 0 Å². The molecule has 0 radical (unpaired) electrons. The maximum Gasteiger partial charge on any atom is 0.309 e. The van der Waals surface area contributed by atoms with Crippen LogP contribution in [0.1, 0.15) is 65.2 Å². The highest BCUT2D eigenvalue weighted by atomic mass is 16.5. The van der Waals surface area contributed by atoms with Crippen molar-refractivity contribution in [1.82, 2.24) is 0 Å². The van der Waals surface area contributed by atoms with Gasteiger partial charge in [0.15, 0.2) is 12.4 Å². The molecule has 0 aromatic carbocycles. The van der Waals surface area contributed by atoms with E-state index in [0.717, 1.165) is 49.9 Å². The minimum atomic E-state index is -0.199. The van der Waals surface area contributed by atoms with E-state index in [1.807, 2.05) is 6.92 Å². The quantitative estimate of drug-likeness (QED) is 0.700. The van der Waals surface area contributed by atoms with E-state index < -0.39 is 0 Å². The summed E-state index contributed by atoms with van der Waals surface area (Å²) in [6.45, 7) is 3.96. The summed E-state index contributed by atoms with van der Waals surface area (Å²) in [5.74, 6) is 2.20. The van der Waals surface area contributed by atoms with Gasteiger partial charge in [-0.15, -0.1) is 0 Å². The van der Waals surface area contributed by atoms with Crippen molar-refractivity contribution >= 4 is 11.8 Å². The van der Waals surface area contributed by atoms with E-state index in [0.29, 0.717) is 0 Å². The molecule has 4 aliphatic rings. The molecular weight excluding hydrogens is 264 g/mol. The monoisotopic (exact) mass is 292 g/mol. The standard InChI is InChI=1S/C18H28O3/c1-3-4-12(2)17(20)21-11-16(19)18-8-13-5-14(9-18)7-15(6-13)10-18/h12-15H,3-11H2,1-2H3/t12-,13?,14?,15?,18?/m1/s1. The Balaban J connectivity index is 1.57. The topological polar surface area (TPSA) is 43.4 Å². The lowest BCUT2D eigenvalue weighted by Gasteiger charge is -2.55. The summed E-state index contributed by atoms with van der Waals surface area (Å²) >= 11 is 0. The molecule has 0 aromatic heterocycles. The molecule has 0 heterocycles. The number of Topliss-reactive ketones (excluding diaryl/α,β-unsaturated/α-hetero) is 1. The zero-order valence-corrected chi connectivity index (χ0v) is 13.4. The summed E-state index contributed by atoms with van der Waals surface area (Å²) in [5, 5.41) is 0. The largest absolute Gasteiger partial charge is 0.457 e. The Morgan fingerprint density at radius 3 is 2.10 bits per heavy atom. The zero-order chi connectivity index (χ0) is 15.0. The third-order valence-corrected chi connectivity index (χ3v) is 6.10. The first-order valence-electron chi connectivity index (χ1n) is 8.72. The average Bonchev–Trinajstić information content (AvgIpc) is 2.43. The van der Waals surface area contributed by atoms with Crippen molar-refractivity contribution in [3.05, 3.63) is 0 Å². The number of ether oxygens (including phenoxy) is 1. The molecule has 0 spiro atoms. The van der Waals surface area contributed by atoms with Crippen LogP contribution in [0, 0.1) is 29.1 Å². The maximum atomic E-state index is 12.7. The van der Waals surface area contributed by atoms with Crippen LogP contribution in [0.5, 0.6) is 0 Å². The summed E-state index contributed by atoms with van der Waals surface area (Å²) in [7, 11) is 0. The average molecular weight is 292 g/mol. The van der Waals surface area contributed by atoms with Crippen LogP contribution in [0.2, 0.25) is 0 Å². The highest BCUT2D eigenvalue weighted by molar-refractivity contribution is 5.88. The number of hydrogen-bond donors (Lipinski definition) is 0. The smallest absolute Gasteiger partial charge is 0.309 e. The van der Waals surface area contributed by atoms with Gasteiger partial charge in [0, 0.05) is 5.41 Å². The molecule has 4 aliphatic carbocycles. The Labute approximate surface area is 127 Å². The van der Waals surface area contributed by atoms with Gasteiger partial charge in [-0.25, -0.2) is 0 Å². The second-order valence-electron chi connectivity index (χ2n) is 7.92. The normalized spacial score (nSPS) is 38.3. The molecular formula is C18H28O3. The first kappa shape index (κ1) is 15.1. The summed E-state index contributed by atoms with van der Waals surface area (Å²) in [4.78, 5) is 24.6. The number of carbonyl (C=O) groups is 2. The summed E-state index contributed by atoms with van der Waals surface area (Å²) < 4.78 is 5.32. The van der Waals surface area contributed by atoms with Gasteiger partial charge in [-0.05, 0) is 62.7 Å². The highest BCUT2D eigenvalue weighted by Gasteiger charge is 2.54. The van der Waals surface area contributed by atoms with Crippen molar-refractivity contribution < 1.29 is 14.3 Å². The molecule has 4 rings (SSSR count). The van der Waals surface area contributed by atoms with Gasteiger partial charge in [0.25, 0.3) is 0 Å². The molecule has 0 aliphatic heterocycles. The summed E-state index contributed by atoms with van der Waals surface area (Å²) in [5.41, 5.74) is -0.136. The molecule has 4 bridgehead atoms. The predicted molar refractivity (Wildman–Crippen MR) is 80.6 cm³/mol. The Bertz CT molecular complexity index is 391. The number of ketones is 1. The highest BCUT2D eigenvalue weighted by Crippen LogP contribution is 2.60. The van der Waals surface area contributed by atoms with Crippen LogP contribution in [0.4, 0.5) is 0 Å². The van der Waals surface area contributed by atoms with E-state index in [1.165, 1.54) is 19.3 Å². The molecule has 3 nitrogen and oxygen atoms in total. The first-order valence-corrected chi connectivity index (χ1v) is 8.72. The molecule has 0 unspecified atom stereocenters. The summed E-state index contributed by atoms with van der Waals surface area (Å²) in [6.07, 6.45) is 8.98. The first-order chi connectivity index (χ1) is 10.0. The number of carbonyl (C=O) groups excluding carboxylic acids is 2. The third-order valence-electron chi connectivity index (χ3n) is 6.10. The molecule has 0 aromatic rings. The van der Waals surface area contributed by atoms with E-state index in [-0.39, 0.29) is 29.7 Å². The van der Waals surface area contributed by atoms with Gasteiger partial charge < -0.3 is 4.74 Å². The molecule has 21 heavy (non-hydrogen) atoms. The van der Waals surface area contributed by atoms with Crippen LogP contribution < -0.4 is 0 Å². The number of hydrogen-bond acceptors (Lipinski definition) is 3. The van der Waals surface area contributed by atoms with E-state index in [2.05, 4.69) is 6.92 Å². The number of rotatable bonds is 6. The van der Waals surface area contributed by atoms with E-state index >= 15 is 0 Å². The van der Waals surface area contributed by atoms with Crippen molar-refractivity contribution in [3.8, 4) is 0 Å². The lowest BCUT2D eigenvalue weighted by atomic mass is 9.48. The van der Waals surface area contributed by atoms with Crippen LogP contribution in [-0.2, 0) is 14.3 Å². The van der Waals surface area contributed by atoms with Gasteiger partial charge in [0.05, 0.1) is 5.92 Å². The van der Waals surface area contributed by atoms with E-state index in [9.17, 15) is 9.59 Å². The predicted octanol–water partition coefficient (Wildman–Crippen LogP) is 3.75. The van der Waals surface area contributed by atoms with Crippen LogP contribution in [0.15, 0.2) is 0 Å². The van der Waals surface area contributed by atoms with Gasteiger partial charge >= 0.3 is 5.97 Å². The van der Waals surface area contributed by atoms with Crippen molar-refractivity contribution in [3.63, 3.8) is 0 Å². The Morgan fingerprint density at radius 1 is 1.10 bits per heavy atom. The number of esters is 1. The van der Waals surface area contributed by atoms with Crippen LogP contribution in [0.25, 0.3) is 0 Å². The van der Waals surface area contributed by atoms with Gasteiger partial charge in [-0.1, -0.05) is 20.3 Å². The molecule has 0 saturated heterocycles. The molecule has 4 saturated carbocycles. The Hall–Kier alpha value is -0.860. The Morgan fingerprint density at radius 2 is 1.62 bits per heavy atom. The third kappa shape index (κ3) is 2.89. The minimum Gasteiger partial charge on any atom is -0.457 e. The summed E-state index contributed by atoms with van der Waals surface area (Å²) in [6, 6.07) is 0. The van der Waals surface area contributed by atoms with Gasteiger partial charge in [-0.2, -0.15) is 0 Å². The lowest BCUT2D eigenvalue weighted by molar-refractivity contribution is -0.160. The SMILES string of the molecule is CCC[C@@H](C)C(=O)OCC(=O)C12CC3CC(CC(C3)C1)C2. The fourth-order valence-electron chi connectivity index (χ4n) is 5.44. The molecule has 0 N–H and O–H groups in total. The fourth-order valence-corrected chi connectivity index (χ4v) is 5.44. The zero-order valence-electron chi connectivity index (χ0n) is 13.4. The lowest BCUT2D eigenvalue weighted by Crippen LogP contribution is -2.51. The van der Waals surface area contributed by atoms with E-state index in [4.69, 9.17) is 4.74 Å². The van der Waals surface area contributed by atoms with Gasteiger partial charge in [0.1, 0.15) is 0 Å². The van der Waals surface area contributed by atoms with Crippen molar-refractivity contribution in [2.75, 3.05) is 6.61 Å². The van der Waals surface area contributed by atoms with Crippen LogP contribution >= 0.6 is 0 Å². The van der Waals surface area contributed by atoms with Crippen LogP contribution in [0.3, 0.4) is 0 Å². The van der Waals surface area contributed by atoms with E-state index in [1.54, 1.807) is 0 Å². The van der Waals surface area contributed by atoms with Gasteiger partial charge in [-0.3, -0.25) is 9.59 Å². The molecule has 4 fully saturated rings. The Kier molecular flexibility index (Phi) is 4.11. The van der Waals surface area contributed by atoms with Crippen LogP contribution in [-0.4, -0.2) is 18.4 Å². The van der Waals surface area contributed by atoms with Crippen molar-refractivity contribution in [2.24, 2.45) is 29.1 Å². The second-order valence-corrected chi connectivity index (χ2v) is 7.92. The second kappa shape index (κ2) is 5.73. The minimum absolute atomic E-state index is 0.0129. The fraction of sp³-hybridized carbons (Fsp3) is 0.889. The molecule has 118 valence electrons.